The summed E-state index contributed by atoms with van der Waals surface area (Å²) in [6.45, 7) is 2.20. The highest BCUT2D eigenvalue weighted by atomic mass is 32.2. The third kappa shape index (κ3) is 3.29. The van der Waals surface area contributed by atoms with Gasteiger partial charge in [0.25, 0.3) is 0 Å². The highest BCUT2D eigenvalue weighted by Crippen LogP contribution is 2.39. The topological polar surface area (TPSA) is 38.5 Å². The molecule has 1 atom stereocenters. The van der Waals surface area contributed by atoms with Crippen LogP contribution < -0.4 is 5.73 Å². The van der Waals surface area contributed by atoms with Crippen LogP contribution in [-0.2, 0) is 4.74 Å². The van der Waals surface area contributed by atoms with Gasteiger partial charge in [-0.25, -0.2) is 0 Å². The average Bonchev–Trinajstić information content (AvgIpc) is 2.38. The molecule has 0 radical (unpaired) electrons. The van der Waals surface area contributed by atoms with Gasteiger partial charge in [-0.05, 0) is 63.0 Å². The van der Waals surface area contributed by atoms with E-state index in [-0.39, 0.29) is 5.60 Å². The molecule has 2 N–H and O–H groups in total. The number of thioether (sulfide) groups is 1. The van der Waals surface area contributed by atoms with E-state index < -0.39 is 0 Å². The Morgan fingerprint density at radius 2 is 2.05 bits per heavy atom. The Balaban J connectivity index is 1.52. The highest BCUT2D eigenvalue weighted by molar-refractivity contribution is 7.99. The minimum Gasteiger partial charge on any atom is -0.375 e. The molecule has 110 valence electrons. The maximum absolute atomic E-state index is 6.19. The standard InChI is InChI=1S/C15H28N2OS/c1-17(11-12-8-13(16)9-12)14-2-5-18-15(10-14)3-6-19-7-4-15/h12-14H,2-11,16H2,1H3. The van der Waals surface area contributed by atoms with Crippen molar-refractivity contribution in [3.8, 4) is 0 Å². The van der Waals surface area contributed by atoms with Crippen LogP contribution in [0.1, 0.15) is 38.5 Å². The Bertz CT molecular complexity index is 295. The Morgan fingerprint density at radius 3 is 2.74 bits per heavy atom. The van der Waals surface area contributed by atoms with Gasteiger partial charge in [0.05, 0.1) is 5.60 Å². The molecule has 0 bridgehead atoms. The van der Waals surface area contributed by atoms with Gasteiger partial charge in [0.2, 0.25) is 0 Å². The van der Waals surface area contributed by atoms with E-state index in [0.29, 0.717) is 6.04 Å². The largest absolute Gasteiger partial charge is 0.375 e. The lowest BCUT2D eigenvalue weighted by atomic mass is 9.79. The molecule has 1 spiro atoms. The summed E-state index contributed by atoms with van der Waals surface area (Å²) in [5.74, 6) is 3.42. The Labute approximate surface area is 121 Å². The second-order valence-electron chi connectivity index (χ2n) is 6.83. The molecule has 2 aliphatic heterocycles. The van der Waals surface area contributed by atoms with Crippen molar-refractivity contribution in [3.63, 3.8) is 0 Å². The van der Waals surface area contributed by atoms with Crippen molar-refractivity contribution in [3.05, 3.63) is 0 Å². The zero-order valence-electron chi connectivity index (χ0n) is 12.1. The second kappa shape index (κ2) is 5.92. The van der Waals surface area contributed by atoms with Gasteiger partial charge in [0, 0.05) is 25.2 Å². The van der Waals surface area contributed by atoms with E-state index in [1.165, 1.54) is 56.6 Å². The van der Waals surface area contributed by atoms with Crippen LogP contribution in [0.4, 0.5) is 0 Å². The molecular formula is C15H28N2OS. The molecule has 2 heterocycles. The first-order valence-corrected chi connectivity index (χ1v) is 9.00. The normalized spacial score (nSPS) is 38.4. The van der Waals surface area contributed by atoms with Crippen LogP contribution in [0.3, 0.4) is 0 Å². The fourth-order valence-electron chi connectivity index (χ4n) is 3.96. The van der Waals surface area contributed by atoms with Crippen LogP contribution in [0, 0.1) is 5.92 Å². The molecule has 0 aromatic heterocycles. The predicted octanol–water partition coefficient (Wildman–Crippen LogP) is 2.10. The summed E-state index contributed by atoms with van der Waals surface area (Å²) in [5.41, 5.74) is 6.11. The van der Waals surface area contributed by atoms with Crippen LogP contribution in [0.2, 0.25) is 0 Å². The maximum Gasteiger partial charge on any atom is 0.0713 e. The van der Waals surface area contributed by atoms with Gasteiger partial charge in [-0.1, -0.05) is 0 Å². The molecular weight excluding hydrogens is 256 g/mol. The lowest BCUT2D eigenvalue weighted by molar-refractivity contribution is -0.109. The molecule has 3 rings (SSSR count). The third-order valence-electron chi connectivity index (χ3n) is 5.31. The number of nitrogens with two attached hydrogens (primary N) is 1. The fourth-order valence-corrected chi connectivity index (χ4v) is 5.20. The summed E-state index contributed by atoms with van der Waals surface area (Å²) in [7, 11) is 2.31. The van der Waals surface area contributed by atoms with Gasteiger partial charge in [-0.2, -0.15) is 11.8 Å². The van der Waals surface area contributed by atoms with Gasteiger partial charge in [0.15, 0.2) is 0 Å². The van der Waals surface area contributed by atoms with Crippen LogP contribution >= 0.6 is 11.8 Å². The smallest absolute Gasteiger partial charge is 0.0713 e. The van der Waals surface area contributed by atoms with E-state index in [1.54, 1.807) is 0 Å². The summed E-state index contributed by atoms with van der Waals surface area (Å²) in [6, 6.07) is 1.21. The lowest BCUT2D eigenvalue weighted by Crippen LogP contribution is -2.51. The SMILES string of the molecule is CN(CC1CC(N)C1)C1CCOC2(CCSCC2)C1. The van der Waals surface area contributed by atoms with E-state index in [2.05, 4.69) is 23.7 Å². The van der Waals surface area contributed by atoms with Crippen LogP contribution in [0.15, 0.2) is 0 Å². The van der Waals surface area contributed by atoms with Crippen molar-refractivity contribution in [2.75, 3.05) is 31.7 Å². The van der Waals surface area contributed by atoms with E-state index in [9.17, 15) is 0 Å². The van der Waals surface area contributed by atoms with Crippen molar-refractivity contribution in [2.45, 2.75) is 56.2 Å². The Kier molecular flexibility index (Phi) is 4.42. The highest BCUT2D eigenvalue weighted by Gasteiger charge is 2.40. The molecule has 0 aromatic rings. The first kappa shape index (κ1) is 14.2. The number of ether oxygens (including phenoxy) is 1. The summed E-state index contributed by atoms with van der Waals surface area (Å²) >= 11 is 2.09. The van der Waals surface area contributed by atoms with Gasteiger partial charge >= 0.3 is 0 Å². The number of nitrogens with zero attached hydrogens (tertiary/aromatic N) is 1. The summed E-state index contributed by atoms with van der Waals surface area (Å²) in [6.07, 6.45) is 7.45. The molecule has 1 unspecified atom stereocenters. The minimum atomic E-state index is 0.221. The van der Waals surface area contributed by atoms with Gasteiger partial charge in [0.1, 0.15) is 0 Å². The Morgan fingerprint density at radius 1 is 1.32 bits per heavy atom. The predicted molar refractivity (Wildman–Crippen MR) is 81.6 cm³/mol. The molecule has 0 amide bonds. The lowest BCUT2D eigenvalue weighted by Gasteiger charge is -2.47. The summed E-state index contributed by atoms with van der Waals surface area (Å²) in [4.78, 5) is 2.60. The number of hydrogen-bond donors (Lipinski definition) is 1. The number of rotatable bonds is 3. The molecule has 0 aromatic carbocycles. The van der Waals surface area contributed by atoms with E-state index in [4.69, 9.17) is 10.5 Å². The summed E-state index contributed by atoms with van der Waals surface area (Å²) in [5, 5.41) is 0. The quantitative estimate of drug-likeness (QED) is 0.861. The molecule has 19 heavy (non-hydrogen) atoms. The first-order valence-electron chi connectivity index (χ1n) is 7.84. The Hall–Kier alpha value is 0.230. The van der Waals surface area contributed by atoms with Gasteiger partial charge in [-0.3, -0.25) is 0 Å². The van der Waals surface area contributed by atoms with E-state index >= 15 is 0 Å². The molecule has 1 saturated carbocycles. The molecule has 3 nitrogen and oxygen atoms in total. The van der Waals surface area contributed by atoms with Crippen LogP contribution in [0.25, 0.3) is 0 Å². The third-order valence-corrected chi connectivity index (χ3v) is 6.30. The monoisotopic (exact) mass is 284 g/mol. The average molecular weight is 284 g/mol. The summed E-state index contributed by atoms with van der Waals surface area (Å²) < 4.78 is 6.19. The molecule has 3 aliphatic rings. The van der Waals surface area contributed by atoms with Crippen molar-refractivity contribution in [2.24, 2.45) is 11.7 Å². The second-order valence-corrected chi connectivity index (χ2v) is 8.05. The zero-order valence-corrected chi connectivity index (χ0v) is 13.0. The first-order chi connectivity index (χ1) is 9.17. The minimum absolute atomic E-state index is 0.221. The fraction of sp³-hybridized carbons (Fsp3) is 1.00. The van der Waals surface area contributed by atoms with Crippen LogP contribution in [0.5, 0.6) is 0 Å². The number of hydrogen-bond acceptors (Lipinski definition) is 4. The zero-order chi connectivity index (χ0) is 13.3. The van der Waals surface area contributed by atoms with E-state index in [1.807, 2.05) is 0 Å². The maximum atomic E-state index is 6.19. The van der Waals surface area contributed by atoms with Crippen molar-refractivity contribution in [1.82, 2.24) is 4.90 Å². The molecule has 1 aliphatic carbocycles. The van der Waals surface area contributed by atoms with Crippen molar-refractivity contribution < 1.29 is 4.74 Å². The van der Waals surface area contributed by atoms with Crippen LogP contribution in [-0.4, -0.2) is 54.3 Å². The van der Waals surface area contributed by atoms with Gasteiger partial charge < -0.3 is 15.4 Å². The molecule has 3 fully saturated rings. The molecule has 2 saturated heterocycles. The van der Waals surface area contributed by atoms with Crippen molar-refractivity contribution >= 4 is 11.8 Å². The van der Waals surface area contributed by atoms with Crippen molar-refractivity contribution in [1.29, 1.82) is 0 Å². The van der Waals surface area contributed by atoms with E-state index in [0.717, 1.165) is 18.6 Å². The van der Waals surface area contributed by atoms with Gasteiger partial charge in [-0.15, -0.1) is 0 Å². The molecule has 4 heteroatoms.